The maximum Gasteiger partial charge on any atom is 0.336 e. The first-order valence-corrected chi connectivity index (χ1v) is 7.40. The Morgan fingerprint density at radius 2 is 2.00 bits per heavy atom. The van der Waals surface area contributed by atoms with E-state index in [0.717, 1.165) is 11.3 Å². The number of fused-ring (bicyclic) bond motifs is 1. The number of rotatable bonds is 4. The highest BCUT2D eigenvalue weighted by Crippen LogP contribution is 2.25. The third-order valence-corrected chi connectivity index (χ3v) is 3.79. The van der Waals surface area contributed by atoms with Gasteiger partial charge in [-0.25, -0.2) is 14.5 Å². The number of pyridine rings is 1. The van der Waals surface area contributed by atoms with Crippen LogP contribution in [0.15, 0.2) is 65.4 Å². The maximum absolute atomic E-state index is 11.6. The van der Waals surface area contributed by atoms with Gasteiger partial charge in [0.2, 0.25) is 0 Å². The first kappa shape index (κ1) is 14.2. The van der Waals surface area contributed by atoms with E-state index in [2.05, 4.69) is 10.1 Å². The van der Waals surface area contributed by atoms with Crippen molar-refractivity contribution >= 4 is 17.0 Å². The molecule has 3 heterocycles. The second-order valence-electron chi connectivity index (χ2n) is 5.35. The topological polar surface area (TPSA) is 81.1 Å². The van der Waals surface area contributed by atoms with E-state index in [0.29, 0.717) is 23.3 Å². The molecular formula is C18H13N3O3. The predicted octanol–water partition coefficient (Wildman–Crippen LogP) is 3.44. The molecule has 6 heteroatoms. The highest BCUT2D eigenvalue weighted by molar-refractivity contribution is 6.02. The van der Waals surface area contributed by atoms with Gasteiger partial charge in [-0.05, 0) is 18.2 Å². The number of carbonyl (C=O) groups is 1. The van der Waals surface area contributed by atoms with Crippen LogP contribution >= 0.6 is 0 Å². The first-order valence-electron chi connectivity index (χ1n) is 7.40. The van der Waals surface area contributed by atoms with Crippen LogP contribution in [0.25, 0.3) is 22.3 Å². The van der Waals surface area contributed by atoms with Crippen LogP contribution in [0.2, 0.25) is 0 Å². The molecule has 0 atom stereocenters. The Morgan fingerprint density at radius 1 is 1.17 bits per heavy atom. The average Bonchev–Trinajstić information content (AvgIpc) is 3.25. The van der Waals surface area contributed by atoms with E-state index in [-0.39, 0.29) is 5.56 Å². The van der Waals surface area contributed by atoms with E-state index in [1.54, 1.807) is 23.1 Å². The van der Waals surface area contributed by atoms with Crippen molar-refractivity contribution in [1.29, 1.82) is 0 Å². The molecule has 0 amide bonds. The Balaban J connectivity index is 1.91. The Kier molecular flexibility index (Phi) is 3.35. The van der Waals surface area contributed by atoms with Gasteiger partial charge in [0, 0.05) is 5.56 Å². The standard InChI is InChI=1S/C18H13N3O3/c22-18(23)14-9-16(12-5-2-1-3-6-12)20-17-15(14)10-19-21(17)11-13-7-4-8-24-13/h1-10H,11H2,(H,22,23). The van der Waals surface area contributed by atoms with E-state index >= 15 is 0 Å². The summed E-state index contributed by atoms with van der Waals surface area (Å²) in [5.74, 6) is -0.277. The number of hydrogen-bond acceptors (Lipinski definition) is 4. The van der Waals surface area contributed by atoms with Crippen molar-refractivity contribution in [3.63, 3.8) is 0 Å². The lowest BCUT2D eigenvalue weighted by Crippen LogP contribution is -2.04. The van der Waals surface area contributed by atoms with Gasteiger partial charge < -0.3 is 9.52 Å². The second-order valence-corrected chi connectivity index (χ2v) is 5.35. The van der Waals surface area contributed by atoms with Crippen molar-refractivity contribution in [2.24, 2.45) is 0 Å². The number of carboxylic acids is 1. The first-order chi connectivity index (χ1) is 11.7. The Bertz CT molecular complexity index is 1000. The highest BCUT2D eigenvalue weighted by atomic mass is 16.4. The molecule has 0 saturated heterocycles. The van der Waals surface area contributed by atoms with Gasteiger partial charge in [0.1, 0.15) is 12.3 Å². The molecule has 0 saturated carbocycles. The van der Waals surface area contributed by atoms with Crippen LogP contribution in [-0.2, 0) is 6.54 Å². The van der Waals surface area contributed by atoms with Gasteiger partial charge in [-0.15, -0.1) is 0 Å². The number of nitrogens with zero attached hydrogens (tertiary/aromatic N) is 3. The molecule has 24 heavy (non-hydrogen) atoms. The molecule has 0 aliphatic rings. The van der Waals surface area contributed by atoms with Crippen LogP contribution < -0.4 is 0 Å². The fourth-order valence-electron chi connectivity index (χ4n) is 2.65. The minimum Gasteiger partial charge on any atom is -0.478 e. The lowest BCUT2D eigenvalue weighted by molar-refractivity contribution is 0.0699. The third kappa shape index (κ3) is 2.44. The lowest BCUT2D eigenvalue weighted by Gasteiger charge is -2.06. The number of furan rings is 1. The summed E-state index contributed by atoms with van der Waals surface area (Å²) in [6.45, 7) is 0.390. The summed E-state index contributed by atoms with van der Waals surface area (Å²) in [5, 5.41) is 14.3. The van der Waals surface area contributed by atoms with Gasteiger partial charge in [0.25, 0.3) is 0 Å². The van der Waals surface area contributed by atoms with E-state index in [1.165, 1.54) is 6.20 Å². The maximum atomic E-state index is 11.6. The van der Waals surface area contributed by atoms with Crippen LogP contribution in [0.3, 0.4) is 0 Å². The van der Waals surface area contributed by atoms with E-state index < -0.39 is 5.97 Å². The summed E-state index contributed by atoms with van der Waals surface area (Å²) in [6, 6.07) is 14.7. The van der Waals surface area contributed by atoms with Gasteiger partial charge >= 0.3 is 5.97 Å². The zero-order valence-corrected chi connectivity index (χ0v) is 12.6. The number of carboxylic acid groups (broad SMARTS) is 1. The minimum atomic E-state index is -1.00. The molecule has 0 aliphatic carbocycles. The lowest BCUT2D eigenvalue weighted by atomic mass is 10.1. The molecule has 4 rings (SSSR count). The van der Waals surface area contributed by atoms with Crippen LogP contribution in [-0.4, -0.2) is 25.8 Å². The summed E-state index contributed by atoms with van der Waals surface area (Å²) in [5.41, 5.74) is 2.16. The predicted molar refractivity (Wildman–Crippen MR) is 87.7 cm³/mol. The Labute approximate surface area is 137 Å². The van der Waals surface area contributed by atoms with Crippen molar-refractivity contribution in [2.75, 3.05) is 0 Å². The third-order valence-electron chi connectivity index (χ3n) is 3.79. The van der Waals surface area contributed by atoms with Gasteiger partial charge in [0.05, 0.1) is 29.1 Å². The van der Waals surface area contributed by atoms with Crippen molar-refractivity contribution in [2.45, 2.75) is 6.54 Å². The van der Waals surface area contributed by atoms with E-state index in [9.17, 15) is 9.90 Å². The van der Waals surface area contributed by atoms with Crippen molar-refractivity contribution < 1.29 is 14.3 Å². The van der Waals surface area contributed by atoms with Crippen LogP contribution in [0.4, 0.5) is 0 Å². The molecule has 0 spiro atoms. The van der Waals surface area contributed by atoms with Crippen molar-refractivity contribution in [3.8, 4) is 11.3 Å². The number of benzene rings is 1. The molecule has 0 radical (unpaired) electrons. The monoisotopic (exact) mass is 319 g/mol. The Morgan fingerprint density at radius 3 is 2.71 bits per heavy atom. The smallest absolute Gasteiger partial charge is 0.336 e. The molecule has 0 fully saturated rings. The summed E-state index contributed by atoms with van der Waals surface area (Å²) < 4.78 is 6.99. The van der Waals surface area contributed by atoms with Crippen LogP contribution in [0, 0.1) is 0 Å². The SMILES string of the molecule is O=C(O)c1cc(-c2ccccc2)nc2c1cnn2Cc1ccco1. The minimum absolute atomic E-state index is 0.185. The summed E-state index contributed by atoms with van der Waals surface area (Å²) in [7, 11) is 0. The van der Waals surface area contributed by atoms with Crippen molar-refractivity contribution in [3.05, 3.63) is 72.3 Å². The summed E-state index contributed by atoms with van der Waals surface area (Å²) in [6.07, 6.45) is 3.12. The molecule has 6 nitrogen and oxygen atoms in total. The Hall–Kier alpha value is -3.41. The van der Waals surface area contributed by atoms with E-state index in [4.69, 9.17) is 4.42 Å². The number of hydrogen-bond donors (Lipinski definition) is 1. The van der Waals surface area contributed by atoms with Crippen molar-refractivity contribution in [1.82, 2.24) is 14.8 Å². The second kappa shape index (κ2) is 5.66. The largest absolute Gasteiger partial charge is 0.478 e. The summed E-state index contributed by atoms with van der Waals surface area (Å²) >= 11 is 0. The molecule has 118 valence electrons. The number of aromatic nitrogens is 3. The fraction of sp³-hybridized carbons (Fsp3) is 0.0556. The van der Waals surface area contributed by atoms with Crippen LogP contribution in [0.5, 0.6) is 0 Å². The molecule has 3 aromatic heterocycles. The van der Waals surface area contributed by atoms with Gasteiger partial charge in [-0.2, -0.15) is 5.10 Å². The molecule has 4 aromatic rings. The molecular weight excluding hydrogens is 306 g/mol. The van der Waals surface area contributed by atoms with Gasteiger partial charge in [-0.1, -0.05) is 30.3 Å². The number of aromatic carboxylic acids is 1. The quantitative estimate of drug-likeness (QED) is 0.623. The zero-order valence-electron chi connectivity index (χ0n) is 12.6. The van der Waals surface area contributed by atoms with Gasteiger partial charge in [-0.3, -0.25) is 0 Å². The average molecular weight is 319 g/mol. The molecule has 0 aliphatic heterocycles. The summed E-state index contributed by atoms with van der Waals surface area (Å²) in [4.78, 5) is 16.3. The van der Waals surface area contributed by atoms with Crippen LogP contribution in [0.1, 0.15) is 16.1 Å². The molecule has 0 bridgehead atoms. The van der Waals surface area contributed by atoms with E-state index in [1.807, 2.05) is 36.4 Å². The highest BCUT2D eigenvalue weighted by Gasteiger charge is 2.17. The molecule has 1 aromatic carbocycles. The zero-order chi connectivity index (χ0) is 16.5. The molecule has 1 N–H and O–H groups in total. The van der Waals surface area contributed by atoms with Gasteiger partial charge in [0.15, 0.2) is 5.65 Å². The molecule has 0 unspecified atom stereocenters. The fourth-order valence-corrected chi connectivity index (χ4v) is 2.65. The normalized spacial score (nSPS) is 11.0.